The van der Waals surface area contributed by atoms with E-state index in [-0.39, 0.29) is 5.92 Å². The van der Waals surface area contributed by atoms with Crippen molar-refractivity contribution in [2.24, 2.45) is 5.92 Å². The van der Waals surface area contributed by atoms with Crippen molar-refractivity contribution in [1.82, 2.24) is 4.98 Å². The average Bonchev–Trinajstić information content (AvgIpc) is 2.54. The molecule has 3 aromatic rings. The topological polar surface area (TPSA) is 30.0 Å². The predicted molar refractivity (Wildman–Crippen MR) is 92.5 cm³/mol. The predicted octanol–water partition coefficient (Wildman–Crippen LogP) is 4.71. The average molecular weight is 301 g/mol. The van der Waals surface area contributed by atoms with Crippen LogP contribution in [-0.4, -0.2) is 10.8 Å². The number of ketones is 1. The fourth-order valence-electron chi connectivity index (χ4n) is 3.88. The summed E-state index contributed by atoms with van der Waals surface area (Å²) in [4.78, 5) is 16.4. The van der Waals surface area contributed by atoms with Crippen LogP contribution in [0, 0.1) is 5.92 Å². The molecule has 2 heteroatoms. The third-order valence-corrected chi connectivity index (χ3v) is 5.14. The van der Waals surface area contributed by atoms with Crippen molar-refractivity contribution in [3.63, 3.8) is 0 Å². The van der Waals surface area contributed by atoms with Gasteiger partial charge >= 0.3 is 0 Å². The second-order valence-electron chi connectivity index (χ2n) is 6.45. The summed E-state index contributed by atoms with van der Waals surface area (Å²) in [5.74, 6) is 1.16. The van der Waals surface area contributed by atoms with Crippen LogP contribution in [0.2, 0.25) is 0 Å². The standard InChI is InChI=1S/C21H19NO/c1-14(23)18-13-19(21(18)15-6-3-2-4-7-15)16-9-10-20-17(12-16)8-5-11-22-20/h2-12,18-19,21H,13H2,1H3/t18-,19?,21-/m1/s1. The van der Waals surface area contributed by atoms with Crippen LogP contribution >= 0.6 is 0 Å². The van der Waals surface area contributed by atoms with E-state index in [0.29, 0.717) is 17.6 Å². The molecule has 0 saturated heterocycles. The fourth-order valence-corrected chi connectivity index (χ4v) is 3.88. The summed E-state index contributed by atoms with van der Waals surface area (Å²) in [5.41, 5.74) is 3.61. The minimum atomic E-state index is 0.145. The highest BCUT2D eigenvalue weighted by atomic mass is 16.1. The first kappa shape index (κ1) is 14.1. The van der Waals surface area contributed by atoms with E-state index in [4.69, 9.17) is 0 Å². The first-order valence-electron chi connectivity index (χ1n) is 8.14. The molecule has 2 nitrogen and oxygen atoms in total. The number of pyridine rings is 1. The molecule has 4 rings (SSSR count). The Morgan fingerprint density at radius 2 is 1.83 bits per heavy atom. The number of carbonyl (C=O) groups excluding carboxylic acids is 1. The molecule has 1 aliphatic rings. The van der Waals surface area contributed by atoms with Gasteiger partial charge in [-0.15, -0.1) is 0 Å². The van der Waals surface area contributed by atoms with Gasteiger partial charge in [0, 0.05) is 23.4 Å². The number of rotatable bonds is 3. The molecular weight excluding hydrogens is 282 g/mol. The maximum Gasteiger partial charge on any atom is 0.133 e. The molecule has 0 bridgehead atoms. The minimum absolute atomic E-state index is 0.145. The van der Waals surface area contributed by atoms with Gasteiger partial charge in [0.15, 0.2) is 0 Å². The van der Waals surface area contributed by atoms with Crippen molar-refractivity contribution in [3.05, 3.63) is 78.0 Å². The van der Waals surface area contributed by atoms with E-state index >= 15 is 0 Å². The molecule has 0 N–H and O–H groups in total. The Kier molecular flexibility index (Phi) is 3.45. The Balaban J connectivity index is 1.73. The van der Waals surface area contributed by atoms with Crippen LogP contribution in [-0.2, 0) is 4.79 Å². The normalized spacial score (nSPS) is 23.4. The number of carbonyl (C=O) groups is 1. The first-order valence-corrected chi connectivity index (χ1v) is 8.14. The number of benzene rings is 2. The van der Waals surface area contributed by atoms with Crippen molar-refractivity contribution in [2.45, 2.75) is 25.2 Å². The van der Waals surface area contributed by atoms with Crippen molar-refractivity contribution in [1.29, 1.82) is 0 Å². The highest BCUT2D eigenvalue weighted by Gasteiger charge is 2.44. The van der Waals surface area contributed by atoms with Crippen LogP contribution < -0.4 is 0 Å². The van der Waals surface area contributed by atoms with Crippen LogP contribution in [0.25, 0.3) is 10.9 Å². The molecule has 0 amide bonds. The number of Topliss-reactive ketones (excluding diaryl/α,β-unsaturated/α-hetero) is 1. The summed E-state index contributed by atoms with van der Waals surface area (Å²) < 4.78 is 0. The summed E-state index contributed by atoms with van der Waals surface area (Å²) in [6.45, 7) is 1.72. The molecule has 2 aromatic carbocycles. The van der Waals surface area contributed by atoms with E-state index < -0.39 is 0 Å². The van der Waals surface area contributed by atoms with Gasteiger partial charge in [0.2, 0.25) is 0 Å². The first-order chi connectivity index (χ1) is 11.2. The van der Waals surface area contributed by atoms with Gasteiger partial charge < -0.3 is 0 Å². The molecule has 0 aliphatic heterocycles. The summed E-state index contributed by atoms with van der Waals surface area (Å²) in [6.07, 6.45) is 2.77. The zero-order chi connectivity index (χ0) is 15.8. The molecule has 1 saturated carbocycles. The Labute approximate surface area is 136 Å². The van der Waals surface area contributed by atoms with Gasteiger partial charge in [0.05, 0.1) is 5.52 Å². The van der Waals surface area contributed by atoms with Crippen molar-refractivity contribution in [3.8, 4) is 0 Å². The highest BCUT2D eigenvalue weighted by molar-refractivity contribution is 5.82. The van der Waals surface area contributed by atoms with Crippen LogP contribution in [0.1, 0.15) is 36.3 Å². The summed E-state index contributed by atoms with van der Waals surface area (Å²) in [7, 11) is 0. The Morgan fingerprint density at radius 3 is 2.61 bits per heavy atom. The van der Waals surface area contributed by atoms with Gasteiger partial charge in [-0.05, 0) is 48.6 Å². The van der Waals surface area contributed by atoms with Crippen molar-refractivity contribution >= 4 is 16.7 Å². The SMILES string of the molecule is CC(=O)[C@H]1CC(c2ccc3ncccc3c2)[C@@H]1c1ccccc1. The van der Waals surface area contributed by atoms with Gasteiger partial charge in [-0.3, -0.25) is 9.78 Å². The quantitative estimate of drug-likeness (QED) is 0.701. The number of hydrogen-bond acceptors (Lipinski definition) is 2. The van der Waals surface area contributed by atoms with E-state index in [9.17, 15) is 4.79 Å². The lowest BCUT2D eigenvalue weighted by atomic mass is 9.58. The molecule has 1 aliphatic carbocycles. The molecule has 0 spiro atoms. The lowest BCUT2D eigenvalue weighted by molar-refractivity contribution is -0.124. The van der Waals surface area contributed by atoms with Gasteiger partial charge in [-0.25, -0.2) is 0 Å². The third kappa shape index (κ3) is 2.44. The fraction of sp³-hybridized carbons (Fsp3) is 0.238. The van der Waals surface area contributed by atoms with Crippen LogP contribution in [0.3, 0.4) is 0 Å². The maximum atomic E-state index is 12.0. The number of hydrogen-bond donors (Lipinski definition) is 0. The smallest absolute Gasteiger partial charge is 0.133 e. The largest absolute Gasteiger partial charge is 0.300 e. The van der Waals surface area contributed by atoms with Gasteiger partial charge in [0.1, 0.15) is 5.78 Å². The maximum absolute atomic E-state index is 12.0. The molecule has 1 fully saturated rings. The summed E-state index contributed by atoms with van der Waals surface area (Å²) in [6, 6.07) is 21.0. The molecular formula is C21H19NO. The second-order valence-corrected chi connectivity index (χ2v) is 6.45. The van der Waals surface area contributed by atoms with E-state index in [1.54, 1.807) is 6.92 Å². The Morgan fingerprint density at radius 1 is 1.00 bits per heavy atom. The molecule has 1 heterocycles. The number of fused-ring (bicyclic) bond motifs is 1. The highest BCUT2D eigenvalue weighted by Crippen LogP contribution is 2.53. The molecule has 1 aromatic heterocycles. The van der Waals surface area contributed by atoms with Gasteiger partial charge in [-0.2, -0.15) is 0 Å². The number of aromatic nitrogens is 1. The lowest BCUT2D eigenvalue weighted by Crippen LogP contribution is -2.37. The number of nitrogens with zero attached hydrogens (tertiary/aromatic N) is 1. The van der Waals surface area contributed by atoms with E-state index in [2.05, 4.69) is 53.5 Å². The van der Waals surface area contributed by atoms with Crippen molar-refractivity contribution < 1.29 is 4.79 Å². The minimum Gasteiger partial charge on any atom is -0.300 e. The van der Waals surface area contributed by atoms with Gasteiger partial charge in [0.25, 0.3) is 0 Å². The van der Waals surface area contributed by atoms with Gasteiger partial charge in [-0.1, -0.05) is 42.5 Å². The Hall–Kier alpha value is -2.48. The molecule has 23 heavy (non-hydrogen) atoms. The van der Waals surface area contributed by atoms with Crippen LogP contribution in [0.15, 0.2) is 66.9 Å². The molecule has 0 radical (unpaired) electrons. The third-order valence-electron chi connectivity index (χ3n) is 5.14. The zero-order valence-electron chi connectivity index (χ0n) is 13.1. The van der Waals surface area contributed by atoms with E-state index in [0.717, 1.165) is 11.9 Å². The zero-order valence-corrected chi connectivity index (χ0v) is 13.1. The lowest BCUT2D eigenvalue weighted by Gasteiger charge is -2.44. The summed E-state index contributed by atoms with van der Waals surface area (Å²) in [5, 5.41) is 1.17. The molecule has 1 unspecified atom stereocenters. The summed E-state index contributed by atoms with van der Waals surface area (Å²) >= 11 is 0. The van der Waals surface area contributed by atoms with Crippen molar-refractivity contribution in [2.75, 3.05) is 0 Å². The second kappa shape index (κ2) is 5.62. The van der Waals surface area contributed by atoms with E-state index in [1.807, 2.05) is 18.3 Å². The van der Waals surface area contributed by atoms with Crippen LogP contribution in [0.4, 0.5) is 0 Å². The van der Waals surface area contributed by atoms with Crippen LogP contribution in [0.5, 0.6) is 0 Å². The van der Waals surface area contributed by atoms with E-state index in [1.165, 1.54) is 16.5 Å². The monoisotopic (exact) mass is 301 g/mol. The molecule has 3 atom stereocenters. The Bertz CT molecular complexity index is 856. The molecule has 114 valence electrons.